The molecular formula is C13H18F3N3O2. The number of halogens is 3. The standard InChI is InChI=1S/C13H18F3N3O2/c1-2-6-17-12(11(20)21)5-3-9(8-12)19-7-4-10(18-19)13(14,15)16/h4,7,9,17H,2-3,5-6,8H2,1H3,(H,20,21). The molecule has 0 aromatic carbocycles. The fraction of sp³-hybridized carbons (Fsp3) is 0.692. The summed E-state index contributed by atoms with van der Waals surface area (Å²) in [5.74, 6) is -0.957. The number of carboxylic acid groups (broad SMARTS) is 1. The van der Waals surface area contributed by atoms with Crippen molar-refractivity contribution >= 4 is 5.97 Å². The summed E-state index contributed by atoms with van der Waals surface area (Å²) < 4.78 is 38.9. The van der Waals surface area contributed by atoms with Gasteiger partial charge in [0.2, 0.25) is 0 Å². The number of hydrogen-bond donors (Lipinski definition) is 2. The number of nitrogens with zero attached hydrogens (tertiary/aromatic N) is 2. The molecular weight excluding hydrogens is 287 g/mol. The monoisotopic (exact) mass is 305 g/mol. The Morgan fingerprint density at radius 2 is 2.33 bits per heavy atom. The number of aliphatic carboxylic acids is 1. The Hall–Kier alpha value is -1.57. The number of hydrogen-bond acceptors (Lipinski definition) is 3. The molecule has 0 spiro atoms. The lowest BCUT2D eigenvalue weighted by molar-refractivity contribution is -0.145. The van der Waals surface area contributed by atoms with Gasteiger partial charge >= 0.3 is 12.1 Å². The molecule has 1 heterocycles. The summed E-state index contributed by atoms with van der Waals surface area (Å²) in [6.07, 6.45) is -1.31. The maximum atomic E-state index is 12.6. The summed E-state index contributed by atoms with van der Waals surface area (Å²) in [7, 11) is 0. The molecule has 1 aliphatic rings. The third-order valence-corrected chi connectivity index (χ3v) is 3.88. The second-order valence-corrected chi connectivity index (χ2v) is 5.39. The molecule has 1 saturated carbocycles. The Labute approximate surface area is 120 Å². The Kier molecular flexibility index (Phi) is 4.27. The quantitative estimate of drug-likeness (QED) is 0.877. The van der Waals surface area contributed by atoms with E-state index < -0.39 is 23.4 Å². The van der Waals surface area contributed by atoms with Crippen molar-refractivity contribution in [3.05, 3.63) is 18.0 Å². The van der Waals surface area contributed by atoms with Crippen molar-refractivity contribution in [1.82, 2.24) is 15.1 Å². The molecule has 2 atom stereocenters. The summed E-state index contributed by atoms with van der Waals surface area (Å²) in [4.78, 5) is 11.5. The zero-order valence-corrected chi connectivity index (χ0v) is 11.7. The van der Waals surface area contributed by atoms with Crippen LogP contribution >= 0.6 is 0 Å². The topological polar surface area (TPSA) is 67.2 Å². The number of carboxylic acids is 1. The van der Waals surface area contributed by atoms with Crippen molar-refractivity contribution in [3.63, 3.8) is 0 Å². The Morgan fingerprint density at radius 1 is 1.62 bits per heavy atom. The van der Waals surface area contributed by atoms with Crippen LogP contribution in [-0.4, -0.2) is 32.9 Å². The van der Waals surface area contributed by atoms with Gasteiger partial charge in [-0.05, 0) is 38.3 Å². The maximum absolute atomic E-state index is 12.6. The third kappa shape index (κ3) is 3.20. The first kappa shape index (κ1) is 15.8. The van der Waals surface area contributed by atoms with E-state index in [0.717, 1.165) is 12.5 Å². The SMILES string of the molecule is CCCNC1(C(=O)O)CCC(n2ccc(C(F)(F)F)n2)C1. The van der Waals surface area contributed by atoms with E-state index in [1.54, 1.807) is 0 Å². The highest BCUT2D eigenvalue weighted by molar-refractivity contribution is 5.79. The molecule has 5 nitrogen and oxygen atoms in total. The molecule has 0 amide bonds. The predicted molar refractivity (Wildman–Crippen MR) is 68.8 cm³/mol. The van der Waals surface area contributed by atoms with Crippen molar-refractivity contribution in [1.29, 1.82) is 0 Å². The van der Waals surface area contributed by atoms with Gasteiger partial charge in [0.05, 0.1) is 6.04 Å². The van der Waals surface area contributed by atoms with Crippen LogP contribution in [0.1, 0.15) is 44.3 Å². The van der Waals surface area contributed by atoms with Crippen molar-refractivity contribution in [2.24, 2.45) is 0 Å². The molecule has 0 radical (unpaired) electrons. The van der Waals surface area contributed by atoms with Gasteiger partial charge in [0.15, 0.2) is 5.69 Å². The molecule has 8 heteroatoms. The van der Waals surface area contributed by atoms with E-state index in [1.165, 1.54) is 10.9 Å². The van der Waals surface area contributed by atoms with Gasteiger partial charge in [0, 0.05) is 6.20 Å². The first-order valence-corrected chi connectivity index (χ1v) is 6.89. The molecule has 0 aliphatic heterocycles. The summed E-state index contributed by atoms with van der Waals surface area (Å²) in [6, 6.07) is 0.585. The lowest BCUT2D eigenvalue weighted by Gasteiger charge is -2.25. The van der Waals surface area contributed by atoms with Crippen molar-refractivity contribution in [2.75, 3.05) is 6.54 Å². The normalized spacial score (nSPS) is 26.2. The zero-order valence-electron chi connectivity index (χ0n) is 11.7. The van der Waals surface area contributed by atoms with Crippen molar-refractivity contribution in [3.8, 4) is 0 Å². The van der Waals surface area contributed by atoms with E-state index in [2.05, 4.69) is 10.4 Å². The number of carbonyl (C=O) groups is 1. The molecule has 1 aromatic rings. The molecule has 1 aromatic heterocycles. The molecule has 1 fully saturated rings. The number of alkyl halides is 3. The van der Waals surface area contributed by atoms with Crippen LogP contribution in [0, 0.1) is 0 Å². The third-order valence-electron chi connectivity index (χ3n) is 3.88. The second kappa shape index (κ2) is 5.67. The Bertz CT molecular complexity index is 515. The Morgan fingerprint density at radius 3 is 2.86 bits per heavy atom. The maximum Gasteiger partial charge on any atom is 0.435 e. The average Bonchev–Trinajstić information content (AvgIpc) is 3.03. The van der Waals surface area contributed by atoms with Gasteiger partial charge in [-0.25, -0.2) is 0 Å². The number of aromatic nitrogens is 2. The van der Waals surface area contributed by atoms with Crippen LogP contribution < -0.4 is 5.32 Å². The van der Waals surface area contributed by atoms with Gasteiger partial charge in [-0.1, -0.05) is 6.92 Å². The summed E-state index contributed by atoms with van der Waals surface area (Å²) >= 11 is 0. The van der Waals surface area contributed by atoms with Crippen LogP contribution in [0.5, 0.6) is 0 Å². The van der Waals surface area contributed by atoms with E-state index >= 15 is 0 Å². The second-order valence-electron chi connectivity index (χ2n) is 5.39. The summed E-state index contributed by atoms with van der Waals surface area (Å²) in [6.45, 7) is 2.49. The molecule has 0 saturated heterocycles. The smallest absolute Gasteiger partial charge is 0.435 e. The number of rotatable bonds is 5. The van der Waals surface area contributed by atoms with E-state index in [4.69, 9.17) is 0 Å². The summed E-state index contributed by atoms with van der Waals surface area (Å²) in [5.41, 5.74) is -2.01. The first-order valence-electron chi connectivity index (χ1n) is 6.89. The van der Waals surface area contributed by atoms with E-state index in [0.29, 0.717) is 19.4 Å². The minimum atomic E-state index is -4.48. The van der Waals surface area contributed by atoms with Crippen molar-refractivity contribution < 1.29 is 23.1 Å². The predicted octanol–water partition coefficient (Wildman–Crippen LogP) is 2.45. The minimum absolute atomic E-state index is 0.237. The molecule has 2 unspecified atom stereocenters. The highest BCUT2D eigenvalue weighted by atomic mass is 19.4. The number of nitrogens with one attached hydrogen (secondary N) is 1. The highest BCUT2D eigenvalue weighted by Gasteiger charge is 2.46. The van der Waals surface area contributed by atoms with Gasteiger partial charge in [0.25, 0.3) is 0 Å². The van der Waals surface area contributed by atoms with Gasteiger partial charge in [-0.15, -0.1) is 0 Å². The minimum Gasteiger partial charge on any atom is -0.480 e. The molecule has 1 aliphatic carbocycles. The fourth-order valence-corrected chi connectivity index (χ4v) is 2.73. The zero-order chi connectivity index (χ0) is 15.7. The van der Waals surface area contributed by atoms with Crippen LogP contribution in [0.4, 0.5) is 13.2 Å². The largest absolute Gasteiger partial charge is 0.480 e. The average molecular weight is 305 g/mol. The lowest BCUT2D eigenvalue weighted by atomic mass is 9.97. The van der Waals surface area contributed by atoms with Gasteiger partial charge in [-0.3, -0.25) is 9.48 Å². The van der Waals surface area contributed by atoms with Gasteiger partial charge in [-0.2, -0.15) is 18.3 Å². The molecule has 21 heavy (non-hydrogen) atoms. The van der Waals surface area contributed by atoms with Crippen LogP contribution in [0.3, 0.4) is 0 Å². The van der Waals surface area contributed by atoms with E-state index in [-0.39, 0.29) is 12.5 Å². The van der Waals surface area contributed by atoms with Gasteiger partial charge in [0.1, 0.15) is 5.54 Å². The molecule has 2 N–H and O–H groups in total. The Balaban J connectivity index is 2.13. The summed E-state index contributed by atoms with van der Waals surface area (Å²) in [5, 5.41) is 16.0. The molecule has 118 valence electrons. The molecule has 0 bridgehead atoms. The van der Waals surface area contributed by atoms with Crippen molar-refractivity contribution in [2.45, 2.75) is 50.4 Å². The van der Waals surface area contributed by atoms with Crippen LogP contribution in [-0.2, 0) is 11.0 Å². The lowest BCUT2D eigenvalue weighted by Crippen LogP contribution is -2.50. The molecule has 2 rings (SSSR count). The van der Waals surface area contributed by atoms with E-state index in [9.17, 15) is 23.1 Å². The fourth-order valence-electron chi connectivity index (χ4n) is 2.73. The van der Waals surface area contributed by atoms with Crippen LogP contribution in [0.25, 0.3) is 0 Å². The van der Waals surface area contributed by atoms with Gasteiger partial charge < -0.3 is 10.4 Å². The first-order chi connectivity index (χ1) is 9.78. The van der Waals surface area contributed by atoms with E-state index in [1.807, 2.05) is 6.92 Å². The highest BCUT2D eigenvalue weighted by Crippen LogP contribution is 2.38. The van der Waals surface area contributed by atoms with Crippen LogP contribution in [0.2, 0.25) is 0 Å². The van der Waals surface area contributed by atoms with Crippen LogP contribution in [0.15, 0.2) is 12.3 Å².